The van der Waals surface area contributed by atoms with Crippen molar-refractivity contribution in [1.82, 2.24) is 4.31 Å². The van der Waals surface area contributed by atoms with Gasteiger partial charge < -0.3 is 0 Å². The van der Waals surface area contributed by atoms with Crippen LogP contribution in [0.1, 0.15) is 27.7 Å². The first-order chi connectivity index (χ1) is 5.84. The molecule has 0 aromatic rings. The van der Waals surface area contributed by atoms with Crippen LogP contribution in [0.5, 0.6) is 0 Å². The van der Waals surface area contributed by atoms with Crippen molar-refractivity contribution in [1.29, 1.82) is 0 Å². The van der Waals surface area contributed by atoms with Gasteiger partial charge >= 0.3 is 0 Å². The lowest BCUT2D eigenvalue weighted by Gasteiger charge is -2.26. The third-order valence-corrected chi connectivity index (χ3v) is 4.22. The number of rotatable bonds is 5. The first-order valence-electron chi connectivity index (χ1n) is 4.45. The Morgan fingerprint density at radius 2 is 1.77 bits per heavy atom. The van der Waals surface area contributed by atoms with E-state index in [4.69, 9.17) is 0 Å². The molecule has 0 aliphatic heterocycles. The van der Waals surface area contributed by atoms with E-state index in [1.54, 1.807) is 19.9 Å². The summed E-state index contributed by atoms with van der Waals surface area (Å²) in [7, 11) is -3.14. The highest BCUT2D eigenvalue weighted by Crippen LogP contribution is 2.12. The molecule has 0 rings (SSSR count). The number of nitrogens with zero attached hydrogens (tertiary/aromatic N) is 1. The minimum absolute atomic E-state index is 0.00889. The van der Waals surface area contributed by atoms with Crippen molar-refractivity contribution in [2.24, 2.45) is 0 Å². The highest BCUT2D eigenvalue weighted by atomic mass is 32.2. The van der Waals surface area contributed by atoms with Crippen LogP contribution < -0.4 is 0 Å². The summed E-state index contributed by atoms with van der Waals surface area (Å²) in [5.74, 6) is 0. The summed E-state index contributed by atoms with van der Waals surface area (Å²) < 4.78 is 24.9. The molecule has 0 unspecified atom stereocenters. The molecule has 4 heteroatoms. The summed E-state index contributed by atoms with van der Waals surface area (Å²) in [5.41, 5.74) is 0. The fourth-order valence-electron chi connectivity index (χ4n) is 1.01. The normalized spacial score (nSPS) is 12.8. The summed E-state index contributed by atoms with van der Waals surface area (Å²) in [6.45, 7) is 11.0. The Morgan fingerprint density at radius 3 is 2.00 bits per heavy atom. The van der Waals surface area contributed by atoms with Crippen molar-refractivity contribution < 1.29 is 8.42 Å². The van der Waals surface area contributed by atoms with Crippen LogP contribution in [0, 0.1) is 0 Å². The van der Waals surface area contributed by atoms with Crippen molar-refractivity contribution in [3.63, 3.8) is 0 Å². The number of sulfonamides is 1. The zero-order chi connectivity index (χ0) is 10.6. The molecule has 0 fully saturated rings. The second kappa shape index (κ2) is 4.77. The summed E-state index contributed by atoms with van der Waals surface area (Å²) in [6.07, 6.45) is 1.61. The largest absolute Gasteiger partial charge is 0.216 e. The first kappa shape index (κ1) is 12.7. The van der Waals surface area contributed by atoms with E-state index in [0.717, 1.165) is 0 Å². The smallest absolute Gasteiger partial charge is 0.212 e. The quantitative estimate of drug-likeness (QED) is 0.640. The average Bonchev–Trinajstić information content (AvgIpc) is 1.98. The van der Waals surface area contributed by atoms with Crippen molar-refractivity contribution >= 4 is 10.0 Å². The lowest BCUT2D eigenvalue weighted by molar-refractivity contribution is 0.378. The van der Waals surface area contributed by atoms with E-state index < -0.39 is 10.0 Å². The molecule has 0 heterocycles. The van der Waals surface area contributed by atoms with Gasteiger partial charge in [0.05, 0.1) is 5.25 Å². The standard InChI is InChI=1S/C9H19NO2S/c1-6-7-10(8(2)3)13(11,12)9(4)5/h6,8-9H,1,7H2,2-5H3. The van der Waals surface area contributed by atoms with Gasteiger partial charge in [0.1, 0.15) is 0 Å². The van der Waals surface area contributed by atoms with Crippen LogP contribution in [0.3, 0.4) is 0 Å². The fourth-order valence-corrected chi connectivity index (χ4v) is 2.45. The zero-order valence-electron chi connectivity index (χ0n) is 8.82. The predicted octanol–water partition coefficient (Wildman–Crippen LogP) is 1.62. The molecule has 0 atom stereocenters. The number of hydrogen-bond donors (Lipinski definition) is 0. The zero-order valence-corrected chi connectivity index (χ0v) is 9.63. The lowest BCUT2D eigenvalue weighted by atomic mass is 10.4. The van der Waals surface area contributed by atoms with Crippen molar-refractivity contribution in [3.05, 3.63) is 12.7 Å². The maximum absolute atomic E-state index is 11.7. The van der Waals surface area contributed by atoms with Crippen LogP contribution in [-0.4, -0.2) is 30.6 Å². The second-order valence-corrected chi connectivity index (χ2v) is 5.99. The average molecular weight is 205 g/mol. The molecule has 0 bridgehead atoms. The van der Waals surface area contributed by atoms with Crippen molar-refractivity contribution in [3.8, 4) is 0 Å². The van der Waals surface area contributed by atoms with Gasteiger partial charge in [0.25, 0.3) is 0 Å². The molecule has 0 saturated heterocycles. The van der Waals surface area contributed by atoms with Crippen LogP contribution in [-0.2, 0) is 10.0 Å². The molecule has 13 heavy (non-hydrogen) atoms. The molecule has 0 saturated carbocycles. The van der Waals surface area contributed by atoms with Crippen LogP contribution in [0.2, 0.25) is 0 Å². The lowest BCUT2D eigenvalue weighted by Crippen LogP contribution is -2.41. The summed E-state index contributed by atoms with van der Waals surface area (Å²) >= 11 is 0. The van der Waals surface area contributed by atoms with Crippen LogP contribution in [0.25, 0.3) is 0 Å². The summed E-state index contributed by atoms with van der Waals surface area (Å²) in [4.78, 5) is 0. The summed E-state index contributed by atoms with van der Waals surface area (Å²) in [5, 5.41) is -0.366. The van der Waals surface area contributed by atoms with Gasteiger partial charge in [-0.05, 0) is 27.7 Å². The molecule has 78 valence electrons. The van der Waals surface area contributed by atoms with Gasteiger partial charge in [-0.1, -0.05) is 6.08 Å². The molecule has 0 N–H and O–H groups in total. The summed E-state index contributed by atoms with van der Waals surface area (Å²) in [6, 6.07) is -0.00889. The molecular weight excluding hydrogens is 186 g/mol. The Labute approximate surface area is 81.5 Å². The second-order valence-electron chi connectivity index (χ2n) is 3.55. The third-order valence-electron chi connectivity index (χ3n) is 1.81. The van der Waals surface area contributed by atoms with Gasteiger partial charge in [0.2, 0.25) is 10.0 Å². The van der Waals surface area contributed by atoms with Crippen LogP contribution in [0.4, 0.5) is 0 Å². The Kier molecular flexibility index (Phi) is 4.64. The number of hydrogen-bond acceptors (Lipinski definition) is 2. The van der Waals surface area contributed by atoms with Crippen LogP contribution >= 0.6 is 0 Å². The van der Waals surface area contributed by atoms with E-state index in [0.29, 0.717) is 6.54 Å². The van der Waals surface area contributed by atoms with E-state index in [1.807, 2.05) is 13.8 Å². The van der Waals surface area contributed by atoms with Gasteiger partial charge in [0, 0.05) is 12.6 Å². The first-order valence-corrected chi connectivity index (χ1v) is 5.96. The Balaban J connectivity index is 4.84. The van der Waals surface area contributed by atoms with E-state index >= 15 is 0 Å². The Morgan fingerprint density at radius 1 is 1.31 bits per heavy atom. The third kappa shape index (κ3) is 3.12. The van der Waals surface area contributed by atoms with E-state index in [9.17, 15) is 8.42 Å². The molecule has 0 aromatic carbocycles. The van der Waals surface area contributed by atoms with Gasteiger partial charge in [-0.2, -0.15) is 4.31 Å². The topological polar surface area (TPSA) is 37.4 Å². The van der Waals surface area contributed by atoms with Gasteiger partial charge in [-0.3, -0.25) is 0 Å². The molecule has 0 radical (unpaired) electrons. The molecule has 0 spiro atoms. The molecule has 3 nitrogen and oxygen atoms in total. The van der Waals surface area contributed by atoms with E-state index in [-0.39, 0.29) is 11.3 Å². The minimum Gasteiger partial charge on any atom is -0.212 e. The molecule has 0 aliphatic rings. The fraction of sp³-hybridized carbons (Fsp3) is 0.778. The molecule has 0 amide bonds. The highest BCUT2D eigenvalue weighted by Gasteiger charge is 2.26. The van der Waals surface area contributed by atoms with Crippen LogP contribution in [0.15, 0.2) is 12.7 Å². The monoisotopic (exact) mass is 205 g/mol. The highest BCUT2D eigenvalue weighted by molar-refractivity contribution is 7.89. The molecular formula is C9H19NO2S. The SMILES string of the molecule is C=CCN(C(C)C)S(=O)(=O)C(C)C. The Bertz CT molecular complexity index is 255. The van der Waals surface area contributed by atoms with E-state index in [2.05, 4.69) is 6.58 Å². The minimum atomic E-state index is -3.14. The molecule has 0 aromatic heterocycles. The predicted molar refractivity (Wildman–Crippen MR) is 56.1 cm³/mol. The Hall–Kier alpha value is -0.350. The van der Waals surface area contributed by atoms with Gasteiger partial charge in [-0.15, -0.1) is 6.58 Å². The van der Waals surface area contributed by atoms with Crippen molar-refractivity contribution in [2.75, 3.05) is 6.54 Å². The van der Waals surface area contributed by atoms with Crippen molar-refractivity contribution in [2.45, 2.75) is 39.0 Å². The molecule has 0 aliphatic carbocycles. The van der Waals surface area contributed by atoms with E-state index in [1.165, 1.54) is 4.31 Å². The maximum atomic E-state index is 11.7. The maximum Gasteiger partial charge on any atom is 0.216 e. The van der Waals surface area contributed by atoms with Gasteiger partial charge in [0.15, 0.2) is 0 Å². The van der Waals surface area contributed by atoms with Gasteiger partial charge in [-0.25, -0.2) is 8.42 Å².